The molecule has 1 N–H and O–H groups in total. The SMILES string of the molecule is Cc1cnc2n1-c1ccc(N3CCC4(CNC4)C3)cc1Cn1cc(-c3ccc(C#N)cc3)cc1-2. The molecule has 34 heavy (non-hydrogen) atoms. The molecule has 2 fully saturated rings. The van der Waals surface area contributed by atoms with Crippen molar-refractivity contribution in [2.75, 3.05) is 31.1 Å². The zero-order valence-corrected chi connectivity index (χ0v) is 19.3. The minimum Gasteiger partial charge on any atom is -0.371 e. The van der Waals surface area contributed by atoms with Crippen LogP contribution in [0.2, 0.25) is 0 Å². The molecule has 5 heterocycles. The molecule has 4 aromatic rings. The molecule has 0 atom stereocenters. The van der Waals surface area contributed by atoms with Crippen molar-refractivity contribution in [2.45, 2.75) is 19.9 Å². The summed E-state index contributed by atoms with van der Waals surface area (Å²) in [6.45, 7) is 7.51. The number of nitrogens with one attached hydrogen (secondary N) is 1. The zero-order valence-electron chi connectivity index (χ0n) is 19.3. The Bertz CT molecular complexity index is 1460. The van der Waals surface area contributed by atoms with E-state index in [1.54, 1.807) is 0 Å². The number of anilines is 1. The van der Waals surface area contributed by atoms with Crippen molar-refractivity contribution in [3.8, 4) is 34.4 Å². The molecule has 168 valence electrons. The Labute approximate surface area is 199 Å². The molecule has 6 nitrogen and oxygen atoms in total. The van der Waals surface area contributed by atoms with Gasteiger partial charge < -0.3 is 14.8 Å². The first-order valence-corrected chi connectivity index (χ1v) is 12.0. The summed E-state index contributed by atoms with van der Waals surface area (Å²) in [5, 5.41) is 12.6. The standard InChI is InChI=1S/C28H26N6/c1-19-13-31-27-26-11-22(21-4-2-20(12-29)3-5-21)14-33(26)15-23-10-24(6-7-25(23)34(19)27)32-9-8-28(18-32)16-30-17-28/h2-7,10-11,13-14,30H,8-9,15-18H2,1H3. The van der Waals surface area contributed by atoms with Crippen LogP contribution in [0.1, 0.15) is 23.2 Å². The van der Waals surface area contributed by atoms with Crippen LogP contribution < -0.4 is 10.2 Å². The molecule has 3 aliphatic heterocycles. The van der Waals surface area contributed by atoms with Crippen LogP contribution in [-0.2, 0) is 6.54 Å². The predicted molar refractivity (Wildman–Crippen MR) is 133 cm³/mol. The lowest BCUT2D eigenvalue weighted by Gasteiger charge is -2.39. The fourth-order valence-electron chi connectivity index (χ4n) is 5.87. The maximum Gasteiger partial charge on any atom is 0.161 e. The zero-order chi connectivity index (χ0) is 22.9. The summed E-state index contributed by atoms with van der Waals surface area (Å²) in [7, 11) is 0. The van der Waals surface area contributed by atoms with E-state index in [2.05, 4.69) is 62.8 Å². The first kappa shape index (κ1) is 19.6. The predicted octanol–water partition coefficient (Wildman–Crippen LogP) is 4.35. The average Bonchev–Trinajstić information content (AvgIpc) is 3.54. The first-order chi connectivity index (χ1) is 16.6. The number of fused-ring (bicyclic) bond motifs is 5. The summed E-state index contributed by atoms with van der Waals surface area (Å²) in [4.78, 5) is 7.37. The molecule has 7 rings (SSSR count). The van der Waals surface area contributed by atoms with Crippen molar-refractivity contribution in [3.05, 3.63) is 77.7 Å². The van der Waals surface area contributed by atoms with E-state index in [9.17, 15) is 0 Å². The van der Waals surface area contributed by atoms with Gasteiger partial charge in [0, 0.05) is 67.5 Å². The summed E-state index contributed by atoms with van der Waals surface area (Å²) >= 11 is 0. The lowest BCUT2D eigenvalue weighted by molar-refractivity contribution is 0.200. The van der Waals surface area contributed by atoms with E-state index in [1.165, 1.54) is 23.4 Å². The third-order valence-corrected chi connectivity index (χ3v) is 7.86. The summed E-state index contributed by atoms with van der Waals surface area (Å²) < 4.78 is 4.62. The Kier molecular flexibility index (Phi) is 4.09. The highest BCUT2D eigenvalue weighted by Crippen LogP contribution is 2.39. The number of aromatic nitrogens is 3. The molecule has 6 heteroatoms. The van der Waals surface area contributed by atoms with E-state index in [-0.39, 0.29) is 0 Å². The van der Waals surface area contributed by atoms with Gasteiger partial charge in [-0.2, -0.15) is 5.26 Å². The number of hydrogen-bond acceptors (Lipinski definition) is 4. The monoisotopic (exact) mass is 446 g/mol. The second-order valence-corrected chi connectivity index (χ2v) is 10.1. The van der Waals surface area contributed by atoms with Crippen molar-refractivity contribution >= 4 is 5.69 Å². The molecule has 0 amide bonds. The second-order valence-electron chi connectivity index (χ2n) is 10.1. The second kappa shape index (κ2) is 7.09. The number of benzene rings is 2. The van der Waals surface area contributed by atoms with Crippen LogP contribution in [0.25, 0.3) is 28.3 Å². The highest BCUT2D eigenvalue weighted by molar-refractivity contribution is 5.73. The number of nitriles is 1. The maximum absolute atomic E-state index is 9.14. The van der Waals surface area contributed by atoms with Crippen molar-refractivity contribution in [1.29, 1.82) is 5.26 Å². The maximum atomic E-state index is 9.14. The van der Waals surface area contributed by atoms with E-state index in [0.29, 0.717) is 11.0 Å². The summed E-state index contributed by atoms with van der Waals surface area (Å²) in [5.74, 6) is 0.976. The fourth-order valence-corrected chi connectivity index (χ4v) is 5.87. The third-order valence-electron chi connectivity index (χ3n) is 7.86. The quantitative estimate of drug-likeness (QED) is 0.438. The average molecular weight is 447 g/mol. The largest absolute Gasteiger partial charge is 0.371 e. The van der Waals surface area contributed by atoms with Gasteiger partial charge in [-0.1, -0.05) is 12.1 Å². The molecule has 3 aliphatic rings. The number of rotatable bonds is 2. The molecule has 2 aromatic carbocycles. The van der Waals surface area contributed by atoms with E-state index < -0.39 is 0 Å². The fraction of sp³-hybridized carbons (Fsp3) is 0.286. The summed E-state index contributed by atoms with van der Waals surface area (Å²) in [6.07, 6.45) is 5.46. The molecule has 2 aromatic heterocycles. The van der Waals surface area contributed by atoms with Crippen LogP contribution in [0.3, 0.4) is 0 Å². The number of nitrogens with zero attached hydrogens (tertiary/aromatic N) is 5. The third kappa shape index (κ3) is 2.87. The molecule has 0 bridgehead atoms. The Morgan fingerprint density at radius 1 is 1.06 bits per heavy atom. The van der Waals surface area contributed by atoms with Crippen LogP contribution in [0.5, 0.6) is 0 Å². The van der Waals surface area contributed by atoms with Crippen LogP contribution in [-0.4, -0.2) is 40.3 Å². The van der Waals surface area contributed by atoms with Crippen molar-refractivity contribution in [3.63, 3.8) is 0 Å². The smallest absolute Gasteiger partial charge is 0.161 e. The number of hydrogen-bond donors (Lipinski definition) is 1. The van der Waals surface area contributed by atoms with Gasteiger partial charge >= 0.3 is 0 Å². The molecular formula is C28H26N6. The van der Waals surface area contributed by atoms with Gasteiger partial charge in [0.15, 0.2) is 5.82 Å². The highest BCUT2D eigenvalue weighted by atomic mass is 15.2. The van der Waals surface area contributed by atoms with Gasteiger partial charge in [0.05, 0.1) is 23.0 Å². The van der Waals surface area contributed by atoms with Crippen molar-refractivity contribution in [2.24, 2.45) is 5.41 Å². The Morgan fingerprint density at radius 3 is 2.65 bits per heavy atom. The van der Waals surface area contributed by atoms with Crippen LogP contribution >= 0.6 is 0 Å². The number of aryl methyl sites for hydroxylation is 1. The van der Waals surface area contributed by atoms with Gasteiger partial charge in [0.2, 0.25) is 0 Å². The van der Waals surface area contributed by atoms with Gasteiger partial charge in [-0.3, -0.25) is 4.57 Å². The van der Waals surface area contributed by atoms with Gasteiger partial charge in [-0.05, 0) is 60.9 Å². The van der Waals surface area contributed by atoms with E-state index in [1.807, 2.05) is 30.5 Å². The molecule has 0 radical (unpaired) electrons. The van der Waals surface area contributed by atoms with Gasteiger partial charge in [0.1, 0.15) is 0 Å². The van der Waals surface area contributed by atoms with E-state index >= 15 is 0 Å². The minimum absolute atomic E-state index is 0.477. The van der Waals surface area contributed by atoms with Crippen LogP contribution in [0.4, 0.5) is 5.69 Å². The molecular weight excluding hydrogens is 420 g/mol. The van der Waals surface area contributed by atoms with Crippen LogP contribution in [0.15, 0.2) is 60.9 Å². The lowest BCUT2D eigenvalue weighted by atomic mass is 9.81. The lowest BCUT2D eigenvalue weighted by Crippen LogP contribution is -2.54. The number of imidazole rings is 1. The Hall–Kier alpha value is -3.82. The summed E-state index contributed by atoms with van der Waals surface area (Å²) in [6, 6.07) is 19.2. The first-order valence-electron chi connectivity index (χ1n) is 12.0. The Morgan fingerprint density at radius 2 is 1.91 bits per heavy atom. The van der Waals surface area contributed by atoms with Crippen LogP contribution in [0, 0.1) is 23.7 Å². The highest BCUT2D eigenvalue weighted by Gasteiger charge is 2.43. The normalized spacial score (nSPS) is 17.5. The van der Waals surface area contributed by atoms with Gasteiger partial charge in [-0.15, -0.1) is 0 Å². The molecule has 0 unspecified atom stereocenters. The van der Waals surface area contributed by atoms with Gasteiger partial charge in [0.25, 0.3) is 0 Å². The van der Waals surface area contributed by atoms with E-state index in [4.69, 9.17) is 10.2 Å². The van der Waals surface area contributed by atoms with Crippen molar-refractivity contribution in [1.82, 2.24) is 19.4 Å². The molecule has 0 saturated carbocycles. The summed E-state index contributed by atoms with van der Waals surface area (Å²) in [5.41, 5.74) is 9.52. The minimum atomic E-state index is 0.477. The Balaban J connectivity index is 1.31. The van der Waals surface area contributed by atoms with Gasteiger partial charge in [-0.25, -0.2) is 4.98 Å². The van der Waals surface area contributed by atoms with Crippen molar-refractivity contribution < 1.29 is 0 Å². The molecule has 1 spiro atoms. The molecule has 2 saturated heterocycles. The topological polar surface area (TPSA) is 61.8 Å². The van der Waals surface area contributed by atoms with E-state index in [0.717, 1.165) is 61.1 Å². The molecule has 0 aliphatic carbocycles.